The minimum atomic E-state index is 0. The van der Waals surface area contributed by atoms with Gasteiger partial charge in [-0.3, -0.25) is 4.79 Å². The van der Waals surface area contributed by atoms with E-state index in [0.717, 1.165) is 25.9 Å². The predicted octanol–water partition coefficient (Wildman–Crippen LogP) is 2.27. The monoisotopic (exact) mass is 375 g/mol. The molecule has 1 aliphatic rings. The summed E-state index contributed by atoms with van der Waals surface area (Å²) in [7, 11) is 1.94. The molecule has 1 saturated heterocycles. The molecular weight excluding hydrogens is 357 g/mol. The molecule has 23 heavy (non-hydrogen) atoms. The molecule has 2 aromatic rings. The lowest BCUT2D eigenvalue weighted by Crippen LogP contribution is -2.46. The van der Waals surface area contributed by atoms with E-state index < -0.39 is 0 Å². The van der Waals surface area contributed by atoms with Gasteiger partial charge in [0.15, 0.2) is 10.8 Å². The second-order valence-electron chi connectivity index (χ2n) is 4.98. The first-order valence-corrected chi connectivity index (χ1v) is 7.79. The van der Waals surface area contributed by atoms with E-state index in [4.69, 9.17) is 0 Å². The molecule has 6 nitrogen and oxygen atoms in total. The van der Waals surface area contributed by atoms with Crippen molar-refractivity contribution in [3.63, 3.8) is 0 Å². The number of rotatable bonds is 3. The Morgan fingerprint density at radius 1 is 1.30 bits per heavy atom. The number of nitrogens with zero attached hydrogens (tertiary/aromatic N) is 4. The second kappa shape index (κ2) is 9.12. The number of likely N-dealkylation sites (tertiary alicyclic amines) is 1. The van der Waals surface area contributed by atoms with Crippen LogP contribution in [-0.4, -0.2) is 51.9 Å². The molecule has 126 valence electrons. The zero-order valence-electron chi connectivity index (χ0n) is 12.6. The standard InChI is InChI=1S/C14H17N5OS.2ClH/c1-15-10-4-2-7-19(9-10)14(20)11-8-18-13(21-11)12-16-5-3-6-17-12;;/h3,5-6,8,10,15H,2,4,7,9H2,1H3;2*1H. The van der Waals surface area contributed by atoms with Crippen molar-refractivity contribution in [3.8, 4) is 10.8 Å². The van der Waals surface area contributed by atoms with Crippen LogP contribution in [0.3, 0.4) is 0 Å². The summed E-state index contributed by atoms with van der Waals surface area (Å²) in [6, 6.07) is 2.14. The van der Waals surface area contributed by atoms with Gasteiger partial charge in [-0.2, -0.15) is 0 Å². The van der Waals surface area contributed by atoms with Gasteiger partial charge < -0.3 is 10.2 Å². The molecule has 1 N–H and O–H groups in total. The van der Waals surface area contributed by atoms with Crippen LogP contribution in [0.5, 0.6) is 0 Å². The number of nitrogens with one attached hydrogen (secondary N) is 1. The summed E-state index contributed by atoms with van der Waals surface area (Å²) in [5.41, 5.74) is 0. The van der Waals surface area contributed by atoms with Crippen LogP contribution in [0, 0.1) is 0 Å². The van der Waals surface area contributed by atoms with Gasteiger partial charge in [-0.25, -0.2) is 15.0 Å². The number of hydrogen-bond donors (Lipinski definition) is 1. The van der Waals surface area contributed by atoms with Crippen molar-refractivity contribution in [2.24, 2.45) is 0 Å². The average Bonchev–Trinajstić information content (AvgIpc) is 3.05. The predicted molar refractivity (Wildman–Crippen MR) is 95.6 cm³/mol. The summed E-state index contributed by atoms with van der Waals surface area (Å²) >= 11 is 1.35. The number of carbonyl (C=O) groups is 1. The van der Waals surface area contributed by atoms with Crippen molar-refractivity contribution >= 4 is 42.1 Å². The fourth-order valence-corrected chi connectivity index (χ4v) is 3.27. The van der Waals surface area contributed by atoms with E-state index in [9.17, 15) is 4.79 Å². The molecule has 3 rings (SSSR count). The van der Waals surface area contributed by atoms with Crippen LogP contribution in [0.4, 0.5) is 0 Å². The highest BCUT2D eigenvalue weighted by atomic mass is 35.5. The highest BCUT2D eigenvalue weighted by Crippen LogP contribution is 2.23. The third-order valence-electron chi connectivity index (χ3n) is 3.59. The topological polar surface area (TPSA) is 71.0 Å². The molecule has 1 fully saturated rings. The smallest absolute Gasteiger partial charge is 0.265 e. The highest BCUT2D eigenvalue weighted by molar-refractivity contribution is 7.16. The van der Waals surface area contributed by atoms with Crippen LogP contribution >= 0.6 is 36.2 Å². The lowest BCUT2D eigenvalue weighted by atomic mass is 10.1. The van der Waals surface area contributed by atoms with E-state index in [-0.39, 0.29) is 30.7 Å². The van der Waals surface area contributed by atoms with Gasteiger partial charge in [0.25, 0.3) is 5.91 Å². The van der Waals surface area contributed by atoms with E-state index >= 15 is 0 Å². The summed E-state index contributed by atoms with van der Waals surface area (Å²) in [4.78, 5) is 27.7. The Morgan fingerprint density at radius 2 is 2.04 bits per heavy atom. The number of piperidine rings is 1. The van der Waals surface area contributed by atoms with Gasteiger partial charge in [0.1, 0.15) is 4.88 Å². The number of carbonyl (C=O) groups excluding carboxylic acids is 1. The molecule has 9 heteroatoms. The molecule has 0 bridgehead atoms. The van der Waals surface area contributed by atoms with Crippen molar-refractivity contribution in [3.05, 3.63) is 29.5 Å². The summed E-state index contributed by atoms with van der Waals surface area (Å²) in [6.07, 6.45) is 7.12. The number of likely N-dealkylation sites (N-methyl/N-ethyl adjacent to an activating group) is 1. The van der Waals surface area contributed by atoms with Crippen LogP contribution in [0.25, 0.3) is 10.8 Å². The zero-order valence-corrected chi connectivity index (χ0v) is 15.1. The first-order valence-electron chi connectivity index (χ1n) is 6.97. The molecule has 2 aromatic heterocycles. The van der Waals surface area contributed by atoms with Crippen LogP contribution in [0.2, 0.25) is 0 Å². The maximum Gasteiger partial charge on any atom is 0.265 e. The van der Waals surface area contributed by atoms with Gasteiger partial charge in [0.2, 0.25) is 0 Å². The zero-order chi connectivity index (χ0) is 14.7. The Kier molecular flexibility index (Phi) is 7.84. The summed E-state index contributed by atoms with van der Waals surface area (Å²) < 4.78 is 0. The molecule has 0 radical (unpaired) electrons. The van der Waals surface area contributed by atoms with Gasteiger partial charge in [-0.05, 0) is 26.0 Å². The molecule has 1 unspecified atom stereocenters. The van der Waals surface area contributed by atoms with Gasteiger partial charge in [-0.15, -0.1) is 36.2 Å². The number of thiazole rings is 1. The van der Waals surface area contributed by atoms with Crippen molar-refractivity contribution in [1.82, 2.24) is 25.2 Å². The minimum Gasteiger partial charge on any atom is -0.336 e. The van der Waals surface area contributed by atoms with Gasteiger partial charge in [0, 0.05) is 31.5 Å². The molecule has 0 spiro atoms. The first kappa shape index (κ1) is 19.8. The average molecular weight is 376 g/mol. The van der Waals surface area contributed by atoms with Crippen LogP contribution < -0.4 is 5.32 Å². The van der Waals surface area contributed by atoms with E-state index in [1.165, 1.54) is 11.3 Å². The number of halogens is 2. The van der Waals surface area contributed by atoms with Crippen LogP contribution in [0.15, 0.2) is 24.7 Å². The van der Waals surface area contributed by atoms with Crippen molar-refractivity contribution in [1.29, 1.82) is 0 Å². The summed E-state index contributed by atoms with van der Waals surface area (Å²) in [5.74, 6) is 0.614. The molecule has 0 aliphatic carbocycles. The Morgan fingerprint density at radius 3 is 2.74 bits per heavy atom. The van der Waals surface area contributed by atoms with Crippen LogP contribution in [-0.2, 0) is 0 Å². The van der Waals surface area contributed by atoms with Crippen LogP contribution in [0.1, 0.15) is 22.5 Å². The second-order valence-corrected chi connectivity index (χ2v) is 6.01. The first-order chi connectivity index (χ1) is 10.3. The van der Waals surface area contributed by atoms with Crippen molar-refractivity contribution < 1.29 is 4.79 Å². The van der Waals surface area contributed by atoms with Gasteiger partial charge in [-0.1, -0.05) is 0 Å². The molecule has 1 atom stereocenters. The van der Waals surface area contributed by atoms with E-state index in [0.29, 0.717) is 21.8 Å². The molecule has 1 amide bonds. The van der Waals surface area contributed by atoms with Gasteiger partial charge >= 0.3 is 0 Å². The molecule has 3 heterocycles. The SMILES string of the molecule is CNC1CCCN(C(=O)c2cnc(-c3ncccn3)s2)C1.Cl.Cl. The highest BCUT2D eigenvalue weighted by Gasteiger charge is 2.25. The summed E-state index contributed by atoms with van der Waals surface area (Å²) in [6.45, 7) is 1.57. The van der Waals surface area contributed by atoms with Crippen molar-refractivity contribution in [2.45, 2.75) is 18.9 Å². The fourth-order valence-electron chi connectivity index (χ4n) is 2.44. The Labute approximate surface area is 151 Å². The Bertz CT molecular complexity index is 625. The Balaban J connectivity index is 0.00000132. The normalized spacial score (nSPS) is 17.1. The fraction of sp³-hybridized carbons (Fsp3) is 0.429. The maximum atomic E-state index is 12.5. The number of aromatic nitrogens is 3. The van der Waals surface area contributed by atoms with E-state index in [1.807, 2.05) is 11.9 Å². The van der Waals surface area contributed by atoms with E-state index in [2.05, 4.69) is 20.3 Å². The minimum absolute atomic E-state index is 0. The van der Waals surface area contributed by atoms with Crippen molar-refractivity contribution in [2.75, 3.05) is 20.1 Å². The van der Waals surface area contributed by atoms with E-state index in [1.54, 1.807) is 24.7 Å². The molecule has 0 saturated carbocycles. The maximum absolute atomic E-state index is 12.5. The summed E-state index contributed by atoms with van der Waals surface area (Å²) in [5, 5.41) is 3.93. The molecular formula is C14H19Cl2N5OS. The third-order valence-corrected chi connectivity index (χ3v) is 4.57. The number of amides is 1. The third kappa shape index (κ3) is 4.60. The largest absolute Gasteiger partial charge is 0.336 e. The lowest BCUT2D eigenvalue weighted by molar-refractivity contribution is 0.0703. The molecule has 0 aromatic carbocycles. The van der Waals surface area contributed by atoms with Gasteiger partial charge in [0.05, 0.1) is 6.20 Å². The Hall–Kier alpha value is -1.28. The quantitative estimate of drug-likeness (QED) is 0.890. The lowest BCUT2D eigenvalue weighted by Gasteiger charge is -2.32. The number of hydrogen-bond acceptors (Lipinski definition) is 6. The molecule has 1 aliphatic heterocycles.